The number of rotatable bonds is 7. The molecule has 0 aliphatic heterocycles. The third kappa shape index (κ3) is 3.50. The normalized spacial score (nSPS) is 13.8. The van der Waals surface area contributed by atoms with Crippen LogP contribution in [0.3, 0.4) is 0 Å². The summed E-state index contributed by atoms with van der Waals surface area (Å²) < 4.78 is 12.3. The Labute approximate surface area is 165 Å². The van der Waals surface area contributed by atoms with Gasteiger partial charge in [-0.05, 0) is 32.3 Å². The monoisotopic (exact) mass is 400 g/mol. The van der Waals surface area contributed by atoms with Crippen molar-refractivity contribution < 1.29 is 9.15 Å². The second kappa shape index (κ2) is 7.47. The maximum absolute atomic E-state index is 12.3. The number of hydrogen-bond donors (Lipinski definition) is 2. The van der Waals surface area contributed by atoms with E-state index in [0.29, 0.717) is 33.4 Å². The fourth-order valence-corrected chi connectivity index (χ4v) is 3.60. The standard InChI is InChI=1S/C18H20N6O3S/c1-10-7-8-19-24(10)18-23-22-17(28-18)20-11(2)14-9-13(21-12-5-4-6-12)15(26-3)16(25)27-14/h7-9,12,21H,2,4-6H2,1,3H3,(H,20,22). The quantitative estimate of drug-likeness (QED) is 0.623. The van der Waals surface area contributed by atoms with Gasteiger partial charge in [0, 0.05) is 24.0 Å². The molecule has 1 saturated carbocycles. The van der Waals surface area contributed by atoms with Gasteiger partial charge in [0.05, 0.1) is 18.5 Å². The number of nitrogens with one attached hydrogen (secondary N) is 2. The van der Waals surface area contributed by atoms with Crippen LogP contribution in [-0.2, 0) is 0 Å². The zero-order chi connectivity index (χ0) is 19.7. The summed E-state index contributed by atoms with van der Waals surface area (Å²) in [5, 5.41) is 20.0. The average molecular weight is 400 g/mol. The molecule has 0 aromatic carbocycles. The summed E-state index contributed by atoms with van der Waals surface area (Å²) in [7, 11) is 1.45. The molecule has 4 rings (SSSR count). The van der Waals surface area contributed by atoms with Crippen molar-refractivity contribution in [3.05, 3.63) is 46.8 Å². The Hall–Kier alpha value is -3.14. The van der Waals surface area contributed by atoms with Crippen LogP contribution in [0.1, 0.15) is 30.7 Å². The van der Waals surface area contributed by atoms with Gasteiger partial charge in [-0.15, -0.1) is 10.2 Å². The van der Waals surface area contributed by atoms with Crippen molar-refractivity contribution in [2.24, 2.45) is 0 Å². The maximum atomic E-state index is 12.3. The fraction of sp³-hybridized carbons (Fsp3) is 0.333. The van der Waals surface area contributed by atoms with Gasteiger partial charge in [0.2, 0.25) is 16.0 Å². The van der Waals surface area contributed by atoms with Gasteiger partial charge in [-0.1, -0.05) is 17.9 Å². The Morgan fingerprint density at radius 3 is 2.89 bits per heavy atom. The SMILES string of the molecule is C=C(Nc1nnc(-n2nccc2C)s1)c1cc(NC2CCC2)c(OC)c(=O)o1. The molecule has 0 spiro atoms. The summed E-state index contributed by atoms with van der Waals surface area (Å²) in [4.78, 5) is 12.3. The molecule has 0 saturated heterocycles. The van der Waals surface area contributed by atoms with Crippen LogP contribution in [0.5, 0.6) is 5.75 Å². The number of ether oxygens (including phenoxy) is 1. The zero-order valence-corrected chi connectivity index (χ0v) is 16.4. The topological polar surface area (TPSA) is 107 Å². The second-order valence-electron chi connectivity index (χ2n) is 6.49. The van der Waals surface area contributed by atoms with Crippen molar-refractivity contribution in [2.45, 2.75) is 32.2 Å². The molecule has 3 aromatic rings. The molecule has 0 amide bonds. The molecule has 146 valence electrons. The molecule has 9 nitrogen and oxygen atoms in total. The number of anilines is 2. The lowest BCUT2D eigenvalue weighted by atomic mass is 9.93. The third-order valence-corrected chi connectivity index (χ3v) is 5.37. The predicted octanol–water partition coefficient (Wildman–Crippen LogP) is 3.04. The van der Waals surface area contributed by atoms with E-state index in [9.17, 15) is 4.79 Å². The van der Waals surface area contributed by atoms with Gasteiger partial charge in [0.1, 0.15) is 0 Å². The van der Waals surface area contributed by atoms with E-state index in [2.05, 4.69) is 32.5 Å². The molecule has 1 aliphatic rings. The van der Waals surface area contributed by atoms with Crippen LogP contribution in [0.15, 0.2) is 34.1 Å². The van der Waals surface area contributed by atoms with E-state index in [4.69, 9.17) is 9.15 Å². The zero-order valence-electron chi connectivity index (χ0n) is 15.6. The highest BCUT2D eigenvalue weighted by Gasteiger charge is 2.22. The Balaban J connectivity index is 1.55. The van der Waals surface area contributed by atoms with Crippen molar-refractivity contribution in [2.75, 3.05) is 17.7 Å². The lowest BCUT2D eigenvalue weighted by Crippen LogP contribution is -2.28. The molecule has 28 heavy (non-hydrogen) atoms. The number of nitrogens with zero attached hydrogens (tertiary/aromatic N) is 4. The van der Waals surface area contributed by atoms with E-state index >= 15 is 0 Å². The average Bonchev–Trinajstić information content (AvgIpc) is 3.26. The van der Waals surface area contributed by atoms with Crippen molar-refractivity contribution in [1.29, 1.82) is 0 Å². The summed E-state index contributed by atoms with van der Waals surface area (Å²) in [6, 6.07) is 3.94. The Morgan fingerprint density at radius 2 is 2.25 bits per heavy atom. The summed E-state index contributed by atoms with van der Waals surface area (Å²) in [5.74, 6) is 0.468. The Morgan fingerprint density at radius 1 is 1.43 bits per heavy atom. The number of methoxy groups -OCH3 is 1. The highest BCUT2D eigenvalue weighted by molar-refractivity contribution is 7.17. The maximum Gasteiger partial charge on any atom is 0.381 e. The summed E-state index contributed by atoms with van der Waals surface area (Å²) in [5.41, 5.74) is 1.40. The van der Waals surface area contributed by atoms with Gasteiger partial charge in [-0.3, -0.25) is 0 Å². The first-order valence-corrected chi connectivity index (χ1v) is 9.66. The molecule has 10 heteroatoms. The largest absolute Gasteiger partial charge is 0.488 e. The highest BCUT2D eigenvalue weighted by atomic mass is 32.1. The van der Waals surface area contributed by atoms with Crippen molar-refractivity contribution in [3.8, 4) is 10.9 Å². The molecule has 2 N–H and O–H groups in total. The van der Waals surface area contributed by atoms with Gasteiger partial charge in [0.15, 0.2) is 5.76 Å². The number of hydrogen-bond acceptors (Lipinski definition) is 9. The third-order valence-electron chi connectivity index (χ3n) is 4.56. The van der Waals surface area contributed by atoms with Crippen LogP contribution < -0.4 is 21.0 Å². The first-order chi connectivity index (χ1) is 13.5. The first kappa shape index (κ1) is 18.2. The minimum absolute atomic E-state index is 0.163. The first-order valence-electron chi connectivity index (χ1n) is 8.84. The van der Waals surface area contributed by atoms with Gasteiger partial charge in [-0.2, -0.15) is 5.10 Å². The van der Waals surface area contributed by atoms with E-state index in [1.54, 1.807) is 16.9 Å². The highest BCUT2D eigenvalue weighted by Crippen LogP contribution is 2.30. The molecule has 0 unspecified atom stereocenters. The summed E-state index contributed by atoms with van der Waals surface area (Å²) >= 11 is 1.31. The molecule has 3 aromatic heterocycles. The fourth-order valence-electron chi connectivity index (χ4n) is 2.82. The molecule has 0 bridgehead atoms. The Bertz CT molecular complexity index is 1070. The smallest absolute Gasteiger partial charge is 0.381 e. The molecule has 1 fully saturated rings. The minimum Gasteiger partial charge on any atom is -0.488 e. The van der Waals surface area contributed by atoms with E-state index in [1.807, 2.05) is 13.0 Å². The number of aromatic nitrogens is 4. The molecular formula is C18H20N6O3S. The molecular weight excluding hydrogens is 380 g/mol. The minimum atomic E-state index is -0.560. The van der Waals surface area contributed by atoms with Crippen LogP contribution in [0.4, 0.5) is 10.8 Å². The molecule has 1 aliphatic carbocycles. The van der Waals surface area contributed by atoms with Gasteiger partial charge < -0.3 is 19.8 Å². The van der Waals surface area contributed by atoms with Crippen LogP contribution in [0, 0.1) is 6.92 Å². The molecule has 0 radical (unpaired) electrons. The van der Waals surface area contributed by atoms with Crippen molar-refractivity contribution in [1.82, 2.24) is 20.0 Å². The van der Waals surface area contributed by atoms with Crippen molar-refractivity contribution in [3.63, 3.8) is 0 Å². The lowest BCUT2D eigenvalue weighted by Gasteiger charge is -2.28. The van der Waals surface area contributed by atoms with Gasteiger partial charge in [0.25, 0.3) is 0 Å². The summed E-state index contributed by atoms with van der Waals surface area (Å²) in [6.07, 6.45) is 5.01. The Kier molecular flexibility index (Phi) is 4.86. The van der Waals surface area contributed by atoms with E-state index < -0.39 is 5.63 Å². The number of aryl methyl sites for hydroxylation is 1. The van der Waals surface area contributed by atoms with E-state index in [-0.39, 0.29) is 5.75 Å². The van der Waals surface area contributed by atoms with Crippen LogP contribution in [0.25, 0.3) is 10.8 Å². The molecule has 0 atom stereocenters. The van der Waals surface area contributed by atoms with Crippen LogP contribution >= 0.6 is 11.3 Å². The van der Waals surface area contributed by atoms with Gasteiger partial charge >= 0.3 is 5.63 Å². The van der Waals surface area contributed by atoms with Crippen molar-refractivity contribution >= 4 is 27.9 Å². The lowest BCUT2D eigenvalue weighted by molar-refractivity contribution is 0.372. The van der Waals surface area contributed by atoms with Crippen LogP contribution in [-0.4, -0.2) is 33.1 Å². The summed E-state index contributed by atoms with van der Waals surface area (Å²) in [6.45, 7) is 5.90. The second-order valence-corrected chi connectivity index (χ2v) is 7.45. The van der Waals surface area contributed by atoms with Gasteiger partial charge in [-0.25, -0.2) is 9.48 Å². The van der Waals surface area contributed by atoms with E-state index in [1.165, 1.54) is 24.9 Å². The molecule has 3 heterocycles. The van der Waals surface area contributed by atoms with E-state index in [0.717, 1.165) is 18.5 Å². The van der Waals surface area contributed by atoms with Crippen LogP contribution in [0.2, 0.25) is 0 Å². The predicted molar refractivity (Wildman–Crippen MR) is 107 cm³/mol.